The van der Waals surface area contributed by atoms with Crippen LogP contribution in [0.25, 0.3) is 11.0 Å². The number of carbonyl (C=O) groups excluding carboxylic acids is 1. The molecule has 2 aromatic carbocycles. The minimum Gasteiger partial charge on any atom is -0.495 e. The van der Waals surface area contributed by atoms with Crippen LogP contribution in [0.5, 0.6) is 5.75 Å². The van der Waals surface area contributed by atoms with Crippen LogP contribution in [0.3, 0.4) is 0 Å². The first-order valence-electron chi connectivity index (χ1n) is 9.71. The van der Waals surface area contributed by atoms with E-state index in [1.165, 1.54) is 5.52 Å². The highest BCUT2D eigenvalue weighted by atomic mass is 16.5. The molecular formula is C22H26N4O2. The number of imidazole rings is 1. The van der Waals surface area contributed by atoms with Gasteiger partial charge in [-0.1, -0.05) is 24.3 Å². The van der Waals surface area contributed by atoms with E-state index >= 15 is 0 Å². The Morgan fingerprint density at radius 3 is 2.61 bits per heavy atom. The predicted molar refractivity (Wildman–Crippen MR) is 111 cm³/mol. The second-order valence-corrected chi connectivity index (χ2v) is 7.32. The van der Waals surface area contributed by atoms with Crippen molar-refractivity contribution in [2.24, 2.45) is 0 Å². The van der Waals surface area contributed by atoms with Gasteiger partial charge >= 0.3 is 6.03 Å². The molecule has 6 nitrogen and oxygen atoms in total. The lowest BCUT2D eigenvalue weighted by Crippen LogP contribution is -2.41. The van der Waals surface area contributed by atoms with E-state index in [0.29, 0.717) is 11.8 Å². The van der Waals surface area contributed by atoms with Gasteiger partial charge in [0, 0.05) is 19.1 Å². The molecular weight excluding hydrogens is 352 g/mol. The number of aromatic nitrogens is 2. The van der Waals surface area contributed by atoms with Crippen LogP contribution in [0.2, 0.25) is 0 Å². The van der Waals surface area contributed by atoms with Crippen molar-refractivity contribution in [2.75, 3.05) is 25.5 Å². The fraction of sp³-hybridized carbons (Fsp3) is 0.364. The number of nitrogens with one attached hydrogen (secondary N) is 1. The summed E-state index contributed by atoms with van der Waals surface area (Å²) in [7, 11) is 1.62. The summed E-state index contributed by atoms with van der Waals surface area (Å²) >= 11 is 0. The highest BCUT2D eigenvalue weighted by Crippen LogP contribution is 2.31. The molecule has 0 atom stereocenters. The van der Waals surface area contributed by atoms with E-state index in [1.54, 1.807) is 7.11 Å². The van der Waals surface area contributed by atoms with E-state index in [4.69, 9.17) is 4.74 Å². The lowest BCUT2D eigenvalue weighted by atomic mass is 10.0. The van der Waals surface area contributed by atoms with E-state index < -0.39 is 0 Å². The smallest absolute Gasteiger partial charge is 0.321 e. The first-order chi connectivity index (χ1) is 13.6. The molecule has 0 aliphatic carbocycles. The number of nitrogens with zero attached hydrogens (tertiary/aromatic N) is 3. The number of amides is 2. The van der Waals surface area contributed by atoms with Crippen molar-refractivity contribution in [1.82, 2.24) is 14.5 Å². The Labute approximate surface area is 165 Å². The maximum Gasteiger partial charge on any atom is 0.321 e. The van der Waals surface area contributed by atoms with E-state index in [9.17, 15) is 4.79 Å². The molecule has 6 heteroatoms. The van der Waals surface area contributed by atoms with Gasteiger partial charge in [0.05, 0.1) is 23.8 Å². The van der Waals surface area contributed by atoms with Gasteiger partial charge in [-0.2, -0.15) is 0 Å². The Kier molecular flexibility index (Phi) is 4.94. The van der Waals surface area contributed by atoms with Crippen LogP contribution in [0, 0.1) is 13.8 Å². The number of rotatable bonds is 3. The Morgan fingerprint density at radius 1 is 1.11 bits per heavy atom. The number of carbonyl (C=O) groups is 1. The number of methoxy groups -OCH3 is 1. The van der Waals surface area contributed by atoms with E-state index in [0.717, 1.165) is 48.5 Å². The second-order valence-electron chi connectivity index (χ2n) is 7.32. The molecule has 4 rings (SSSR count). The summed E-state index contributed by atoms with van der Waals surface area (Å²) in [6.07, 6.45) is 1.83. The molecule has 1 aliphatic heterocycles. The fourth-order valence-corrected chi connectivity index (χ4v) is 4.11. The number of urea groups is 1. The molecule has 3 aromatic rings. The first kappa shape index (κ1) is 18.3. The molecule has 2 amide bonds. The Hall–Kier alpha value is -3.02. The third-order valence-corrected chi connectivity index (χ3v) is 5.58. The average molecular weight is 378 g/mol. The molecule has 146 valence electrons. The van der Waals surface area contributed by atoms with Gasteiger partial charge in [0.2, 0.25) is 0 Å². The minimum absolute atomic E-state index is 0.0711. The molecule has 0 radical (unpaired) electrons. The summed E-state index contributed by atoms with van der Waals surface area (Å²) in [6, 6.07) is 14.3. The van der Waals surface area contributed by atoms with Gasteiger partial charge in [-0.15, -0.1) is 0 Å². The number of anilines is 1. The molecule has 1 saturated heterocycles. The van der Waals surface area contributed by atoms with Crippen LogP contribution in [-0.2, 0) is 0 Å². The van der Waals surface area contributed by atoms with E-state index in [2.05, 4.69) is 40.0 Å². The number of fused-ring (bicyclic) bond motifs is 1. The summed E-state index contributed by atoms with van der Waals surface area (Å²) < 4.78 is 7.72. The molecule has 28 heavy (non-hydrogen) atoms. The maximum atomic E-state index is 12.8. The quantitative estimate of drug-likeness (QED) is 0.728. The topological polar surface area (TPSA) is 59.4 Å². The van der Waals surface area contributed by atoms with Crippen molar-refractivity contribution in [3.05, 3.63) is 53.9 Å². The van der Waals surface area contributed by atoms with Crippen molar-refractivity contribution in [3.8, 4) is 5.75 Å². The standard InChI is InChI=1S/C22H26N4O2/c1-15-7-6-10-20(28-3)21(15)24-22(27)25-13-11-17(12-14-25)26-16(2)23-18-8-4-5-9-19(18)26/h4-10,17H,11-14H2,1-3H3,(H,24,27). The number of aryl methyl sites for hydroxylation is 2. The lowest BCUT2D eigenvalue weighted by Gasteiger charge is -2.33. The highest BCUT2D eigenvalue weighted by Gasteiger charge is 2.26. The number of para-hydroxylation sites is 3. The number of benzene rings is 2. The molecule has 1 aromatic heterocycles. The van der Waals surface area contributed by atoms with Crippen molar-refractivity contribution < 1.29 is 9.53 Å². The van der Waals surface area contributed by atoms with Crippen LogP contribution in [0.1, 0.15) is 30.3 Å². The number of ether oxygens (including phenoxy) is 1. The first-order valence-corrected chi connectivity index (χ1v) is 9.71. The molecule has 0 saturated carbocycles. The van der Waals surface area contributed by atoms with Crippen LogP contribution in [0.15, 0.2) is 42.5 Å². The summed E-state index contributed by atoms with van der Waals surface area (Å²) in [6.45, 7) is 5.47. The van der Waals surface area contributed by atoms with E-state index in [1.807, 2.05) is 36.1 Å². The van der Waals surface area contributed by atoms with Gasteiger partial charge in [0.25, 0.3) is 0 Å². The third kappa shape index (κ3) is 3.30. The van der Waals surface area contributed by atoms with Gasteiger partial charge in [-0.3, -0.25) is 0 Å². The zero-order chi connectivity index (χ0) is 19.7. The summed E-state index contributed by atoms with van der Waals surface area (Å²) in [5.74, 6) is 1.72. The molecule has 2 heterocycles. The zero-order valence-electron chi connectivity index (χ0n) is 16.6. The largest absolute Gasteiger partial charge is 0.495 e. The van der Waals surface area contributed by atoms with Gasteiger partial charge < -0.3 is 19.5 Å². The molecule has 1 N–H and O–H groups in total. The number of likely N-dealkylation sites (tertiary alicyclic amines) is 1. The maximum absolute atomic E-state index is 12.8. The van der Waals surface area contributed by atoms with Crippen LogP contribution in [-0.4, -0.2) is 40.7 Å². The fourth-order valence-electron chi connectivity index (χ4n) is 4.11. The number of hydrogen-bond donors (Lipinski definition) is 1. The molecule has 0 unspecified atom stereocenters. The number of hydrogen-bond acceptors (Lipinski definition) is 3. The van der Waals surface area contributed by atoms with Crippen LogP contribution < -0.4 is 10.1 Å². The van der Waals surface area contributed by atoms with E-state index in [-0.39, 0.29) is 6.03 Å². The Bertz CT molecular complexity index is 1000. The molecule has 1 fully saturated rings. The van der Waals surface area contributed by atoms with Crippen LogP contribution in [0.4, 0.5) is 10.5 Å². The lowest BCUT2D eigenvalue weighted by molar-refractivity contribution is 0.184. The van der Waals surface area contributed by atoms with Crippen molar-refractivity contribution >= 4 is 22.8 Å². The minimum atomic E-state index is -0.0711. The van der Waals surface area contributed by atoms with Gasteiger partial charge in [0.1, 0.15) is 11.6 Å². The Balaban J connectivity index is 1.46. The predicted octanol–water partition coefficient (Wildman–Crippen LogP) is 4.53. The summed E-state index contributed by atoms with van der Waals surface area (Å²) in [5.41, 5.74) is 3.94. The molecule has 1 aliphatic rings. The summed E-state index contributed by atoms with van der Waals surface area (Å²) in [5, 5.41) is 3.03. The Morgan fingerprint density at radius 2 is 1.86 bits per heavy atom. The molecule has 0 bridgehead atoms. The van der Waals surface area contributed by atoms with Crippen molar-refractivity contribution in [3.63, 3.8) is 0 Å². The summed E-state index contributed by atoms with van der Waals surface area (Å²) in [4.78, 5) is 19.4. The van der Waals surface area contributed by atoms with Crippen LogP contribution >= 0.6 is 0 Å². The molecule has 0 spiro atoms. The second kappa shape index (κ2) is 7.54. The van der Waals surface area contributed by atoms with Gasteiger partial charge in [-0.25, -0.2) is 9.78 Å². The third-order valence-electron chi connectivity index (χ3n) is 5.58. The zero-order valence-corrected chi connectivity index (χ0v) is 16.6. The van der Waals surface area contributed by atoms with Gasteiger partial charge in [-0.05, 0) is 50.5 Å². The van der Waals surface area contributed by atoms with Gasteiger partial charge in [0.15, 0.2) is 0 Å². The SMILES string of the molecule is COc1cccc(C)c1NC(=O)N1CCC(n2c(C)nc3ccccc32)CC1. The highest BCUT2D eigenvalue weighted by molar-refractivity contribution is 5.92. The number of piperidine rings is 1. The average Bonchev–Trinajstić information content (AvgIpc) is 3.05. The normalized spacial score (nSPS) is 15.0. The monoisotopic (exact) mass is 378 g/mol. The van der Waals surface area contributed by atoms with Crippen molar-refractivity contribution in [2.45, 2.75) is 32.7 Å². The van der Waals surface area contributed by atoms with Crippen molar-refractivity contribution in [1.29, 1.82) is 0 Å².